The van der Waals surface area contributed by atoms with E-state index in [2.05, 4.69) is 27.3 Å². The molecule has 0 amide bonds. The summed E-state index contributed by atoms with van der Waals surface area (Å²) in [6, 6.07) is 11.6. The van der Waals surface area contributed by atoms with Crippen molar-refractivity contribution in [2.75, 3.05) is 5.32 Å². The van der Waals surface area contributed by atoms with Crippen molar-refractivity contribution in [1.82, 2.24) is 0 Å². The van der Waals surface area contributed by atoms with Crippen LogP contribution in [0.15, 0.2) is 34.8 Å². The van der Waals surface area contributed by atoms with E-state index in [9.17, 15) is 0 Å². The normalized spacial score (nSPS) is 9.94. The van der Waals surface area contributed by atoms with Gasteiger partial charge in [0.05, 0.1) is 10.7 Å². The van der Waals surface area contributed by atoms with Crippen LogP contribution in [0.25, 0.3) is 0 Å². The number of nitrogens with zero attached hydrogens (tertiary/aromatic N) is 1. The van der Waals surface area contributed by atoms with Crippen molar-refractivity contribution in [3.8, 4) is 6.07 Å². The molecule has 2 nitrogen and oxygen atoms in total. The minimum Gasteiger partial charge on any atom is -0.379 e. The Morgan fingerprint density at radius 2 is 2.18 bits per heavy atom. The monoisotopic (exact) mass is 326 g/mol. The highest BCUT2D eigenvalue weighted by atomic mass is 79.9. The molecule has 0 unspecified atom stereocenters. The first-order chi connectivity index (χ1) is 8.19. The van der Waals surface area contributed by atoms with Gasteiger partial charge in [-0.25, -0.2) is 0 Å². The van der Waals surface area contributed by atoms with Crippen LogP contribution in [0.1, 0.15) is 9.75 Å². The number of anilines is 1. The number of nitrogens with one attached hydrogen (secondary N) is 1. The molecule has 0 radical (unpaired) electrons. The Morgan fingerprint density at radius 3 is 2.88 bits per heavy atom. The van der Waals surface area contributed by atoms with Crippen LogP contribution in [0, 0.1) is 11.3 Å². The van der Waals surface area contributed by atoms with Crippen LogP contribution in [0.5, 0.6) is 0 Å². The predicted molar refractivity (Wildman–Crippen MR) is 75.5 cm³/mol. The van der Waals surface area contributed by atoms with Crippen molar-refractivity contribution >= 4 is 44.6 Å². The van der Waals surface area contributed by atoms with E-state index in [-0.39, 0.29) is 0 Å². The standard InChI is InChI=1S/C12H8BrClN2S/c13-8-1-4-11(14)12(5-8)16-7-10-3-2-9(6-15)17-10/h1-5,16H,7H2. The van der Waals surface area contributed by atoms with Gasteiger partial charge in [0, 0.05) is 15.9 Å². The lowest BCUT2D eigenvalue weighted by Gasteiger charge is -2.07. The SMILES string of the molecule is N#Cc1ccc(CNc2cc(Br)ccc2Cl)s1. The first kappa shape index (κ1) is 12.4. The Kier molecular flexibility index (Phi) is 4.06. The molecule has 0 fully saturated rings. The summed E-state index contributed by atoms with van der Waals surface area (Å²) in [5.74, 6) is 0. The largest absolute Gasteiger partial charge is 0.379 e. The molecule has 0 saturated heterocycles. The predicted octanol–water partition coefficient (Wildman–Crippen LogP) is 4.65. The zero-order chi connectivity index (χ0) is 12.3. The van der Waals surface area contributed by atoms with Crippen molar-refractivity contribution in [2.24, 2.45) is 0 Å². The van der Waals surface area contributed by atoms with Gasteiger partial charge in [-0.15, -0.1) is 11.3 Å². The number of hydrogen-bond donors (Lipinski definition) is 1. The Morgan fingerprint density at radius 1 is 1.35 bits per heavy atom. The van der Waals surface area contributed by atoms with Gasteiger partial charge in [0.2, 0.25) is 0 Å². The average molecular weight is 328 g/mol. The Bertz CT molecular complexity index is 574. The fourth-order valence-corrected chi connectivity index (χ4v) is 2.64. The maximum atomic E-state index is 8.73. The Labute approximate surface area is 117 Å². The number of nitriles is 1. The molecule has 0 atom stereocenters. The fraction of sp³-hybridized carbons (Fsp3) is 0.0833. The lowest BCUT2D eigenvalue weighted by atomic mass is 10.3. The topological polar surface area (TPSA) is 35.8 Å². The van der Waals surface area contributed by atoms with E-state index < -0.39 is 0 Å². The minimum atomic E-state index is 0.669. The second-order valence-corrected chi connectivity index (χ2v) is 5.85. The van der Waals surface area contributed by atoms with Gasteiger partial charge in [0.1, 0.15) is 10.9 Å². The van der Waals surface area contributed by atoms with Gasteiger partial charge in [-0.3, -0.25) is 0 Å². The smallest absolute Gasteiger partial charge is 0.110 e. The van der Waals surface area contributed by atoms with Crippen molar-refractivity contribution < 1.29 is 0 Å². The summed E-state index contributed by atoms with van der Waals surface area (Å²) < 4.78 is 0.980. The summed E-state index contributed by atoms with van der Waals surface area (Å²) in [7, 11) is 0. The van der Waals surface area contributed by atoms with E-state index in [4.69, 9.17) is 16.9 Å². The van der Waals surface area contributed by atoms with Gasteiger partial charge >= 0.3 is 0 Å². The van der Waals surface area contributed by atoms with Gasteiger partial charge < -0.3 is 5.32 Å². The molecule has 1 heterocycles. The number of thiophene rings is 1. The molecule has 0 aliphatic rings. The first-order valence-electron chi connectivity index (χ1n) is 4.87. The van der Waals surface area contributed by atoms with Gasteiger partial charge in [-0.1, -0.05) is 27.5 Å². The highest BCUT2D eigenvalue weighted by molar-refractivity contribution is 9.10. The maximum Gasteiger partial charge on any atom is 0.110 e. The summed E-state index contributed by atoms with van der Waals surface area (Å²) >= 11 is 10.9. The molecule has 1 N–H and O–H groups in total. The molecule has 0 aliphatic heterocycles. The van der Waals surface area contributed by atoms with Crippen LogP contribution in [-0.2, 0) is 6.54 Å². The quantitative estimate of drug-likeness (QED) is 0.891. The molecule has 0 saturated carbocycles. The molecule has 17 heavy (non-hydrogen) atoms. The zero-order valence-electron chi connectivity index (χ0n) is 8.71. The number of hydrogen-bond acceptors (Lipinski definition) is 3. The number of rotatable bonds is 3. The number of benzene rings is 1. The van der Waals surface area contributed by atoms with Crippen LogP contribution in [0.4, 0.5) is 5.69 Å². The van der Waals surface area contributed by atoms with Crippen molar-refractivity contribution in [3.63, 3.8) is 0 Å². The van der Waals surface area contributed by atoms with Crippen LogP contribution >= 0.6 is 38.9 Å². The van der Waals surface area contributed by atoms with Crippen LogP contribution in [-0.4, -0.2) is 0 Å². The van der Waals surface area contributed by atoms with Crippen LogP contribution in [0.3, 0.4) is 0 Å². The lowest BCUT2D eigenvalue weighted by molar-refractivity contribution is 1.19. The molecule has 86 valence electrons. The Hall–Kier alpha value is -1.02. The third kappa shape index (κ3) is 3.22. The van der Waals surface area contributed by atoms with Crippen molar-refractivity contribution in [1.29, 1.82) is 5.26 Å². The number of halogens is 2. The molecule has 1 aromatic carbocycles. The molecule has 2 aromatic rings. The van der Waals surface area contributed by atoms with Crippen LogP contribution in [0.2, 0.25) is 5.02 Å². The third-order valence-electron chi connectivity index (χ3n) is 2.15. The Balaban J connectivity index is 2.07. The maximum absolute atomic E-state index is 8.73. The van der Waals surface area contributed by atoms with E-state index in [1.807, 2.05) is 30.3 Å². The third-order valence-corrected chi connectivity index (χ3v) is 3.97. The van der Waals surface area contributed by atoms with E-state index in [1.165, 1.54) is 11.3 Å². The summed E-state index contributed by atoms with van der Waals surface area (Å²) in [5, 5.41) is 12.7. The summed E-state index contributed by atoms with van der Waals surface area (Å²) in [6.45, 7) is 0.669. The van der Waals surface area contributed by atoms with Gasteiger partial charge in [-0.05, 0) is 30.3 Å². The van der Waals surface area contributed by atoms with E-state index in [0.29, 0.717) is 11.6 Å². The molecule has 0 spiro atoms. The van der Waals surface area contributed by atoms with Crippen LogP contribution < -0.4 is 5.32 Å². The van der Waals surface area contributed by atoms with E-state index in [0.717, 1.165) is 19.9 Å². The lowest BCUT2D eigenvalue weighted by Crippen LogP contribution is -1.97. The first-order valence-corrected chi connectivity index (χ1v) is 6.85. The van der Waals surface area contributed by atoms with Crippen molar-refractivity contribution in [2.45, 2.75) is 6.54 Å². The summed E-state index contributed by atoms with van der Waals surface area (Å²) in [6.07, 6.45) is 0. The fourth-order valence-electron chi connectivity index (χ4n) is 1.35. The molecular weight excluding hydrogens is 320 g/mol. The highest BCUT2D eigenvalue weighted by Crippen LogP contribution is 2.26. The molecule has 2 rings (SSSR count). The summed E-state index contributed by atoms with van der Waals surface area (Å²) in [4.78, 5) is 1.83. The summed E-state index contributed by atoms with van der Waals surface area (Å²) in [5.41, 5.74) is 0.882. The molecular formula is C12H8BrClN2S. The average Bonchev–Trinajstić information content (AvgIpc) is 2.78. The molecule has 0 bridgehead atoms. The second-order valence-electron chi connectivity index (χ2n) is 3.36. The van der Waals surface area contributed by atoms with Gasteiger partial charge in [-0.2, -0.15) is 5.26 Å². The molecule has 5 heteroatoms. The van der Waals surface area contributed by atoms with Gasteiger partial charge in [0.25, 0.3) is 0 Å². The molecule has 0 aliphatic carbocycles. The zero-order valence-corrected chi connectivity index (χ0v) is 11.9. The van der Waals surface area contributed by atoms with E-state index in [1.54, 1.807) is 0 Å². The minimum absolute atomic E-state index is 0.669. The van der Waals surface area contributed by atoms with E-state index >= 15 is 0 Å². The van der Waals surface area contributed by atoms with Gasteiger partial charge in [0.15, 0.2) is 0 Å². The molecule has 1 aromatic heterocycles. The van der Waals surface area contributed by atoms with Crippen molar-refractivity contribution in [3.05, 3.63) is 49.6 Å². The second kappa shape index (κ2) is 5.54. The highest BCUT2D eigenvalue weighted by Gasteiger charge is 2.03.